The molecule has 0 saturated carbocycles. The van der Waals surface area contributed by atoms with Crippen LogP contribution in [0.2, 0.25) is 0 Å². The van der Waals surface area contributed by atoms with Crippen LogP contribution >= 0.6 is 11.8 Å². The van der Waals surface area contributed by atoms with E-state index in [1.807, 2.05) is 30.3 Å². The van der Waals surface area contributed by atoms with E-state index in [1.165, 1.54) is 30.2 Å². The van der Waals surface area contributed by atoms with Crippen molar-refractivity contribution in [3.05, 3.63) is 76.3 Å². The van der Waals surface area contributed by atoms with Crippen LogP contribution in [0, 0.1) is 10.1 Å². The fraction of sp³-hybridized carbons (Fsp3) is 0. The zero-order valence-electron chi connectivity index (χ0n) is 13.2. The van der Waals surface area contributed by atoms with Crippen LogP contribution in [-0.4, -0.2) is 24.7 Å². The van der Waals surface area contributed by atoms with Crippen molar-refractivity contribution < 1.29 is 9.34 Å². The van der Waals surface area contributed by atoms with Gasteiger partial charge >= 0.3 is 5.88 Å². The molecule has 0 saturated heterocycles. The number of para-hydroxylation sites is 1. The van der Waals surface area contributed by atoms with Gasteiger partial charge in [0, 0.05) is 0 Å². The average molecular weight is 365 g/mol. The lowest BCUT2D eigenvalue weighted by Crippen LogP contribution is -1.97. The lowest BCUT2D eigenvalue weighted by Gasteiger charge is -2.02. The van der Waals surface area contributed by atoms with E-state index in [1.54, 1.807) is 22.4 Å². The number of nitrogens with zero attached hydrogens (tertiary/aromatic N) is 5. The molecule has 1 aromatic carbocycles. The summed E-state index contributed by atoms with van der Waals surface area (Å²) in [6.07, 6.45) is 4.85. The number of thioether (sulfide) groups is 1. The van der Waals surface area contributed by atoms with Gasteiger partial charge in [0.15, 0.2) is 5.65 Å². The Bertz CT molecular complexity index is 1100. The Morgan fingerprint density at radius 1 is 1.15 bits per heavy atom. The maximum Gasteiger partial charge on any atom is 0.433 e. The van der Waals surface area contributed by atoms with Gasteiger partial charge in [0.1, 0.15) is 22.0 Å². The summed E-state index contributed by atoms with van der Waals surface area (Å²) in [5, 5.41) is 18.3. The Balaban J connectivity index is 1.60. The van der Waals surface area contributed by atoms with E-state index >= 15 is 0 Å². The molecule has 9 heteroatoms. The summed E-state index contributed by atoms with van der Waals surface area (Å²) in [7, 11) is 0. The van der Waals surface area contributed by atoms with Crippen molar-refractivity contribution >= 4 is 34.8 Å². The summed E-state index contributed by atoms with van der Waals surface area (Å²) in [6, 6.07) is 12.6. The van der Waals surface area contributed by atoms with Crippen molar-refractivity contribution in [3.8, 4) is 5.69 Å². The second-order valence-corrected chi connectivity index (χ2v) is 6.06. The summed E-state index contributed by atoms with van der Waals surface area (Å²) in [4.78, 5) is 18.7. The van der Waals surface area contributed by atoms with Crippen molar-refractivity contribution in [1.82, 2.24) is 19.7 Å². The molecule has 0 aliphatic carbocycles. The SMILES string of the molecule is O=[N+]([O-])c1ccc(/C=C/Sc2ncnc3c2cnn3-c2ccccc2)o1. The Hall–Kier alpha value is -3.46. The molecule has 0 spiro atoms. The number of hydrogen-bond acceptors (Lipinski definition) is 7. The van der Waals surface area contributed by atoms with Crippen molar-refractivity contribution in [3.63, 3.8) is 0 Å². The lowest BCUT2D eigenvalue weighted by molar-refractivity contribution is -0.402. The van der Waals surface area contributed by atoms with Gasteiger partial charge in [-0.15, -0.1) is 0 Å². The van der Waals surface area contributed by atoms with Crippen molar-refractivity contribution in [2.75, 3.05) is 0 Å². The first kappa shape index (κ1) is 16.0. The molecule has 26 heavy (non-hydrogen) atoms. The molecular weight excluding hydrogens is 354 g/mol. The molecule has 8 nitrogen and oxygen atoms in total. The normalized spacial score (nSPS) is 11.4. The van der Waals surface area contributed by atoms with Gasteiger partial charge in [0.05, 0.1) is 23.3 Å². The molecule has 4 aromatic rings. The first-order valence-electron chi connectivity index (χ1n) is 7.54. The summed E-state index contributed by atoms with van der Waals surface area (Å²) in [6.45, 7) is 0. The van der Waals surface area contributed by atoms with Crippen LogP contribution in [0.25, 0.3) is 22.8 Å². The highest BCUT2D eigenvalue weighted by Gasteiger charge is 2.12. The molecular formula is C17H11N5O3S. The van der Waals surface area contributed by atoms with Crippen LogP contribution in [0.4, 0.5) is 5.88 Å². The quantitative estimate of drug-likeness (QED) is 0.227. The summed E-state index contributed by atoms with van der Waals surface area (Å²) < 4.78 is 6.83. The minimum absolute atomic E-state index is 0.289. The van der Waals surface area contributed by atoms with Crippen LogP contribution in [0.5, 0.6) is 0 Å². The molecule has 0 unspecified atom stereocenters. The highest BCUT2D eigenvalue weighted by molar-refractivity contribution is 8.02. The molecule has 0 aliphatic heterocycles. The standard InChI is InChI=1S/C17H11N5O3S/c23-22(24)15-7-6-13(25-15)8-9-26-17-14-10-20-21(16(14)18-11-19-17)12-4-2-1-3-5-12/h1-11H/b9-8+. The largest absolute Gasteiger partial charge is 0.433 e. The predicted octanol–water partition coefficient (Wildman–Crippen LogP) is 4.08. The van der Waals surface area contributed by atoms with Crippen molar-refractivity contribution in [1.29, 1.82) is 0 Å². The summed E-state index contributed by atoms with van der Waals surface area (Å²) in [5.74, 6) is 0.109. The van der Waals surface area contributed by atoms with Crippen LogP contribution in [0.15, 0.2) is 69.8 Å². The third-order valence-corrected chi connectivity index (χ3v) is 4.36. The van der Waals surface area contributed by atoms with E-state index in [2.05, 4.69) is 15.1 Å². The number of aromatic nitrogens is 4. The van der Waals surface area contributed by atoms with E-state index in [9.17, 15) is 10.1 Å². The van der Waals surface area contributed by atoms with E-state index in [4.69, 9.17) is 4.42 Å². The number of rotatable bonds is 5. The molecule has 0 bridgehead atoms. The minimum atomic E-state index is -0.573. The van der Waals surface area contributed by atoms with E-state index < -0.39 is 4.92 Å². The fourth-order valence-electron chi connectivity index (χ4n) is 2.37. The molecule has 0 aliphatic rings. The first-order valence-corrected chi connectivity index (χ1v) is 8.42. The summed E-state index contributed by atoms with van der Waals surface area (Å²) >= 11 is 1.36. The highest BCUT2D eigenvalue weighted by Crippen LogP contribution is 2.27. The van der Waals surface area contributed by atoms with Crippen molar-refractivity contribution in [2.45, 2.75) is 5.03 Å². The molecule has 128 valence electrons. The second kappa shape index (κ2) is 6.81. The van der Waals surface area contributed by atoms with Crippen LogP contribution < -0.4 is 0 Å². The number of benzene rings is 1. The lowest BCUT2D eigenvalue weighted by atomic mass is 10.3. The average Bonchev–Trinajstić information content (AvgIpc) is 3.30. The van der Waals surface area contributed by atoms with Gasteiger partial charge in [-0.1, -0.05) is 30.0 Å². The molecule has 0 N–H and O–H groups in total. The highest BCUT2D eigenvalue weighted by atomic mass is 32.2. The van der Waals surface area contributed by atoms with E-state index in [0.717, 1.165) is 16.1 Å². The van der Waals surface area contributed by atoms with Crippen molar-refractivity contribution in [2.24, 2.45) is 0 Å². The molecule has 4 rings (SSSR count). The number of hydrogen-bond donors (Lipinski definition) is 0. The van der Waals surface area contributed by atoms with E-state index in [-0.39, 0.29) is 5.88 Å². The molecule has 0 fully saturated rings. The maximum atomic E-state index is 10.6. The minimum Gasteiger partial charge on any atom is -0.401 e. The topological polar surface area (TPSA) is 99.9 Å². The fourth-order valence-corrected chi connectivity index (χ4v) is 3.08. The molecule has 3 heterocycles. The smallest absolute Gasteiger partial charge is 0.401 e. The van der Waals surface area contributed by atoms with Gasteiger partial charge in [0.25, 0.3) is 0 Å². The van der Waals surface area contributed by atoms with Gasteiger partial charge in [-0.2, -0.15) is 5.10 Å². The Morgan fingerprint density at radius 3 is 2.77 bits per heavy atom. The third-order valence-electron chi connectivity index (χ3n) is 3.53. The van der Waals surface area contributed by atoms with Gasteiger partial charge in [0.2, 0.25) is 0 Å². The number of fused-ring (bicyclic) bond motifs is 1. The Kier molecular flexibility index (Phi) is 4.20. The molecule has 0 amide bonds. The molecule has 0 radical (unpaired) electrons. The second-order valence-electron chi connectivity index (χ2n) is 5.16. The monoisotopic (exact) mass is 365 g/mol. The van der Waals surface area contributed by atoms with Crippen LogP contribution in [0.1, 0.15) is 5.76 Å². The molecule has 0 atom stereocenters. The van der Waals surface area contributed by atoms with Crippen LogP contribution in [-0.2, 0) is 0 Å². The first-order chi connectivity index (χ1) is 12.7. The predicted molar refractivity (Wildman–Crippen MR) is 96.9 cm³/mol. The van der Waals surface area contributed by atoms with Gasteiger partial charge in [-0.3, -0.25) is 10.1 Å². The third kappa shape index (κ3) is 3.07. The summed E-state index contributed by atoms with van der Waals surface area (Å²) in [5.41, 5.74) is 1.62. The van der Waals surface area contributed by atoms with Gasteiger partial charge < -0.3 is 4.42 Å². The Labute approximate surface area is 151 Å². The van der Waals surface area contributed by atoms with Gasteiger partial charge in [-0.25, -0.2) is 14.6 Å². The zero-order valence-corrected chi connectivity index (χ0v) is 14.0. The number of nitro groups is 1. The van der Waals surface area contributed by atoms with Crippen LogP contribution in [0.3, 0.4) is 0 Å². The Morgan fingerprint density at radius 2 is 2.00 bits per heavy atom. The zero-order chi connectivity index (χ0) is 17.9. The molecule has 3 aromatic heterocycles. The van der Waals surface area contributed by atoms with Gasteiger partial charge in [-0.05, 0) is 29.7 Å². The number of furan rings is 1. The van der Waals surface area contributed by atoms with E-state index in [0.29, 0.717) is 11.4 Å². The maximum absolute atomic E-state index is 10.6.